The van der Waals surface area contributed by atoms with E-state index in [9.17, 15) is 21.6 Å². The van der Waals surface area contributed by atoms with Gasteiger partial charge in [-0.1, -0.05) is 6.07 Å². The Hall–Kier alpha value is -2.87. The van der Waals surface area contributed by atoms with E-state index in [0.29, 0.717) is 33.9 Å². The van der Waals surface area contributed by atoms with Crippen molar-refractivity contribution in [2.24, 2.45) is 0 Å². The van der Waals surface area contributed by atoms with E-state index in [-0.39, 0.29) is 31.2 Å². The van der Waals surface area contributed by atoms with Gasteiger partial charge in [0.25, 0.3) is 10.0 Å². The van der Waals surface area contributed by atoms with E-state index in [2.05, 4.69) is 10.1 Å². The molecule has 0 aromatic heterocycles. The number of benzene rings is 2. The van der Waals surface area contributed by atoms with Crippen LogP contribution in [-0.4, -0.2) is 53.9 Å². The minimum atomic E-state index is -4.21. The van der Waals surface area contributed by atoms with Gasteiger partial charge in [-0.15, -0.1) is 4.41 Å². The van der Waals surface area contributed by atoms with Crippen molar-refractivity contribution in [1.82, 2.24) is 14.6 Å². The van der Waals surface area contributed by atoms with Crippen molar-refractivity contribution < 1.29 is 35.8 Å². The van der Waals surface area contributed by atoms with Crippen LogP contribution in [0, 0.1) is 13.8 Å². The summed E-state index contributed by atoms with van der Waals surface area (Å²) in [5, 5.41) is 0. The zero-order valence-corrected chi connectivity index (χ0v) is 20.9. The molecule has 34 heavy (non-hydrogen) atoms. The van der Waals surface area contributed by atoms with Gasteiger partial charge in [0.15, 0.2) is 11.5 Å². The van der Waals surface area contributed by atoms with Gasteiger partial charge in [0.1, 0.15) is 5.75 Å². The van der Waals surface area contributed by atoms with Crippen LogP contribution >= 0.6 is 0 Å². The number of hydrazine groups is 1. The fraction of sp³-hybridized carbons (Fsp3) is 0.381. The Bertz CT molecular complexity index is 1270. The number of hydrogen-bond acceptors (Lipinski definition) is 8. The standard InChI is InChI=1S/C21H27N3O8S2/c1-14-9-17(30-3)10-15(2)21(14)34(28,29)24(23-20(25)7-8-22-33(4,26)27)12-16-5-6-18-19(11-16)32-13-31-18/h5-6,9-11,22H,7-8,12-13H2,1-4H3,(H,23,25). The van der Waals surface area contributed by atoms with E-state index in [1.54, 1.807) is 44.2 Å². The van der Waals surface area contributed by atoms with Gasteiger partial charge in [-0.05, 0) is 54.8 Å². The van der Waals surface area contributed by atoms with E-state index in [1.807, 2.05) is 0 Å². The first kappa shape index (κ1) is 25.7. The Balaban J connectivity index is 1.93. The molecule has 0 radical (unpaired) electrons. The second-order valence-electron chi connectivity index (χ2n) is 7.74. The molecule has 1 heterocycles. The Labute approximate surface area is 199 Å². The average molecular weight is 514 g/mol. The van der Waals surface area contributed by atoms with Crippen molar-refractivity contribution in [3.63, 3.8) is 0 Å². The SMILES string of the molecule is COc1cc(C)c(S(=O)(=O)N(Cc2ccc3c(c2)OCO3)NC(=O)CCNS(C)(=O)=O)c(C)c1. The summed E-state index contributed by atoms with van der Waals surface area (Å²) in [6.07, 6.45) is 0.706. The smallest absolute Gasteiger partial charge is 0.260 e. The molecule has 0 aliphatic carbocycles. The van der Waals surface area contributed by atoms with Gasteiger partial charge < -0.3 is 14.2 Å². The Morgan fingerprint density at radius 3 is 2.32 bits per heavy atom. The highest BCUT2D eigenvalue weighted by atomic mass is 32.2. The first-order chi connectivity index (χ1) is 15.9. The van der Waals surface area contributed by atoms with Gasteiger partial charge >= 0.3 is 0 Å². The second kappa shape index (κ2) is 10.2. The summed E-state index contributed by atoms with van der Waals surface area (Å²) < 4.78 is 68.8. The van der Waals surface area contributed by atoms with Gasteiger partial charge in [0.05, 0.1) is 24.8 Å². The molecule has 0 unspecified atom stereocenters. The van der Waals surface area contributed by atoms with Crippen LogP contribution < -0.4 is 24.4 Å². The van der Waals surface area contributed by atoms with Crippen LogP contribution in [0.3, 0.4) is 0 Å². The largest absolute Gasteiger partial charge is 0.497 e. The van der Waals surface area contributed by atoms with Gasteiger partial charge in [0, 0.05) is 13.0 Å². The van der Waals surface area contributed by atoms with Crippen LogP contribution in [0.25, 0.3) is 0 Å². The summed E-state index contributed by atoms with van der Waals surface area (Å²) in [6.45, 7) is 2.96. The van der Waals surface area contributed by atoms with Gasteiger partial charge in [-0.25, -0.2) is 21.6 Å². The summed E-state index contributed by atoms with van der Waals surface area (Å²) >= 11 is 0. The molecule has 0 saturated heterocycles. The molecule has 2 aromatic rings. The molecular formula is C21H27N3O8S2. The minimum absolute atomic E-state index is 0.0311. The van der Waals surface area contributed by atoms with E-state index < -0.39 is 26.0 Å². The van der Waals surface area contributed by atoms with Crippen LogP contribution in [0.1, 0.15) is 23.1 Å². The Kier molecular flexibility index (Phi) is 7.70. The summed E-state index contributed by atoms with van der Waals surface area (Å²) in [7, 11) is -6.22. The molecule has 1 aliphatic rings. The topological polar surface area (TPSA) is 140 Å². The molecule has 1 amide bonds. The summed E-state index contributed by atoms with van der Waals surface area (Å²) in [5.41, 5.74) is 3.85. The monoisotopic (exact) mass is 513 g/mol. The number of hydrogen-bond donors (Lipinski definition) is 2. The van der Waals surface area contributed by atoms with Crippen LogP contribution in [0.15, 0.2) is 35.2 Å². The highest BCUT2D eigenvalue weighted by Crippen LogP contribution is 2.34. The van der Waals surface area contributed by atoms with Crippen LogP contribution in [0.4, 0.5) is 0 Å². The lowest BCUT2D eigenvalue weighted by molar-refractivity contribution is -0.124. The van der Waals surface area contributed by atoms with E-state index >= 15 is 0 Å². The number of carbonyl (C=O) groups excluding carboxylic acids is 1. The molecule has 3 rings (SSSR count). The molecule has 0 bridgehead atoms. The van der Waals surface area contributed by atoms with Crippen molar-refractivity contribution >= 4 is 26.0 Å². The van der Waals surface area contributed by atoms with Crippen molar-refractivity contribution in [2.45, 2.75) is 31.7 Å². The van der Waals surface area contributed by atoms with E-state index in [0.717, 1.165) is 10.7 Å². The molecule has 0 spiro atoms. The Morgan fingerprint density at radius 1 is 1.06 bits per heavy atom. The lowest BCUT2D eigenvalue weighted by Gasteiger charge is -2.25. The van der Waals surface area contributed by atoms with E-state index in [1.165, 1.54) is 7.11 Å². The van der Waals surface area contributed by atoms with Gasteiger partial charge in [-0.2, -0.15) is 0 Å². The molecule has 186 valence electrons. The number of ether oxygens (including phenoxy) is 3. The number of rotatable bonds is 10. The molecule has 11 nitrogen and oxygen atoms in total. The molecular weight excluding hydrogens is 486 g/mol. The number of aryl methyl sites for hydroxylation is 2. The third kappa shape index (κ3) is 6.17. The predicted octanol–water partition coefficient (Wildman–Crippen LogP) is 1.20. The lowest BCUT2D eigenvalue weighted by atomic mass is 10.1. The average Bonchev–Trinajstić information content (AvgIpc) is 3.19. The molecule has 0 fully saturated rings. The van der Waals surface area contributed by atoms with Crippen molar-refractivity contribution in [2.75, 3.05) is 26.7 Å². The number of fused-ring (bicyclic) bond motifs is 1. The molecule has 1 aliphatic heterocycles. The third-order valence-corrected chi connectivity index (χ3v) is 7.64. The number of carbonyl (C=O) groups is 1. The maximum Gasteiger partial charge on any atom is 0.260 e. The predicted molar refractivity (Wildman–Crippen MR) is 123 cm³/mol. The van der Waals surface area contributed by atoms with Crippen molar-refractivity contribution in [3.05, 3.63) is 47.0 Å². The number of nitrogens with zero attached hydrogens (tertiary/aromatic N) is 1. The minimum Gasteiger partial charge on any atom is -0.497 e. The molecule has 13 heteroatoms. The van der Waals surface area contributed by atoms with Crippen LogP contribution in [-0.2, 0) is 31.4 Å². The summed E-state index contributed by atoms with van der Waals surface area (Å²) in [5.74, 6) is 0.836. The highest BCUT2D eigenvalue weighted by Gasteiger charge is 2.30. The molecule has 2 aromatic carbocycles. The maximum absolute atomic E-state index is 13.7. The number of methoxy groups -OCH3 is 1. The zero-order valence-electron chi connectivity index (χ0n) is 19.2. The number of nitrogens with one attached hydrogen (secondary N) is 2. The summed E-state index contributed by atoms with van der Waals surface area (Å²) in [4.78, 5) is 12.6. The third-order valence-electron chi connectivity index (χ3n) is 4.95. The first-order valence-electron chi connectivity index (χ1n) is 10.2. The Morgan fingerprint density at radius 2 is 1.71 bits per heavy atom. The van der Waals surface area contributed by atoms with Crippen molar-refractivity contribution in [1.29, 1.82) is 0 Å². The van der Waals surface area contributed by atoms with Crippen molar-refractivity contribution in [3.8, 4) is 17.2 Å². The van der Waals surface area contributed by atoms with Gasteiger partial charge in [0.2, 0.25) is 22.7 Å². The second-order valence-corrected chi connectivity index (χ2v) is 11.4. The molecule has 0 saturated carbocycles. The van der Waals surface area contributed by atoms with Crippen LogP contribution in [0.5, 0.6) is 17.2 Å². The molecule has 2 N–H and O–H groups in total. The maximum atomic E-state index is 13.7. The lowest BCUT2D eigenvalue weighted by Crippen LogP contribution is -2.46. The molecule has 0 atom stereocenters. The first-order valence-corrected chi connectivity index (χ1v) is 13.5. The van der Waals surface area contributed by atoms with E-state index in [4.69, 9.17) is 14.2 Å². The fourth-order valence-electron chi connectivity index (χ4n) is 3.48. The fourth-order valence-corrected chi connectivity index (χ4v) is 5.65. The van der Waals surface area contributed by atoms with Crippen LogP contribution in [0.2, 0.25) is 0 Å². The number of amides is 1. The quantitative estimate of drug-likeness (QED) is 0.452. The van der Waals surface area contributed by atoms with Gasteiger partial charge in [-0.3, -0.25) is 10.2 Å². The zero-order chi connectivity index (χ0) is 25.1. The highest BCUT2D eigenvalue weighted by molar-refractivity contribution is 7.89. The summed E-state index contributed by atoms with van der Waals surface area (Å²) in [6, 6.07) is 8.15. The normalized spacial score (nSPS) is 13.2. The number of sulfonamides is 2.